The molecular formula is C9H7BrN4OS. The van der Waals surface area contributed by atoms with Crippen LogP contribution in [-0.4, -0.2) is 20.5 Å². The van der Waals surface area contributed by atoms with Crippen molar-refractivity contribution >= 4 is 39.1 Å². The predicted octanol–water partition coefficient (Wildman–Crippen LogP) is 2.26. The second kappa shape index (κ2) is 4.67. The Morgan fingerprint density at radius 2 is 2.38 bits per heavy atom. The highest BCUT2D eigenvalue weighted by Gasteiger charge is 2.14. The van der Waals surface area contributed by atoms with E-state index in [4.69, 9.17) is 0 Å². The molecule has 0 aliphatic heterocycles. The van der Waals surface area contributed by atoms with Crippen molar-refractivity contribution in [3.05, 3.63) is 33.5 Å². The van der Waals surface area contributed by atoms with E-state index in [2.05, 4.69) is 35.8 Å². The van der Waals surface area contributed by atoms with E-state index in [1.54, 1.807) is 25.4 Å². The number of aryl methyl sites for hydroxylation is 1. The maximum atomic E-state index is 11.8. The highest BCUT2D eigenvalue weighted by Crippen LogP contribution is 2.21. The van der Waals surface area contributed by atoms with E-state index >= 15 is 0 Å². The fourth-order valence-corrected chi connectivity index (χ4v) is 2.00. The van der Waals surface area contributed by atoms with Crippen LogP contribution in [0.4, 0.5) is 5.69 Å². The van der Waals surface area contributed by atoms with Crippen LogP contribution < -0.4 is 5.32 Å². The van der Waals surface area contributed by atoms with Crippen LogP contribution in [0.2, 0.25) is 0 Å². The number of hydrogen-bond acceptors (Lipinski definition) is 5. The molecule has 0 fully saturated rings. The highest BCUT2D eigenvalue weighted by molar-refractivity contribution is 9.10. The van der Waals surface area contributed by atoms with Crippen molar-refractivity contribution in [3.8, 4) is 0 Å². The summed E-state index contributed by atoms with van der Waals surface area (Å²) in [6.07, 6.45) is 3.23. The molecule has 0 saturated carbocycles. The number of nitrogens with one attached hydrogen (secondary N) is 1. The molecule has 0 saturated heterocycles. The average molecular weight is 299 g/mol. The van der Waals surface area contributed by atoms with Crippen LogP contribution in [0.3, 0.4) is 0 Å². The normalized spacial score (nSPS) is 10.1. The fourth-order valence-electron chi connectivity index (χ4n) is 1.10. The predicted molar refractivity (Wildman–Crippen MR) is 64.5 cm³/mol. The monoisotopic (exact) mass is 298 g/mol. The molecule has 2 aromatic rings. The Kier molecular flexibility index (Phi) is 3.25. The summed E-state index contributed by atoms with van der Waals surface area (Å²) in [6, 6.07) is 1.71. The van der Waals surface area contributed by atoms with Crippen LogP contribution in [-0.2, 0) is 0 Å². The molecule has 5 nitrogen and oxygen atoms in total. The van der Waals surface area contributed by atoms with Crippen molar-refractivity contribution in [2.45, 2.75) is 6.92 Å². The number of aromatic nitrogens is 3. The molecule has 16 heavy (non-hydrogen) atoms. The third kappa shape index (κ3) is 2.25. The van der Waals surface area contributed by atoms with Crippen molar-refractivity contribution in [2.24, 2.45) is 0 Å². The van der Waals surface area contributed by atoms with Crippen molar-refractivity contribution in [3.63, 3.8) is 0 Å². The summed E-state index contributed by atoms with van der Waals surface area (Å²) in [7, 11) is 0. The minimum Gasteiger partial charge on any atom is -0.320 e. The largest absolute Gasteiger partial charge is 0.320 e. The molecular weight excluding hydrogens is 292 g/mol. The van der Waals surface area contributed by atoms with E-state index in [0.717, 1.165) is 16.0 Å². The molecule has 1 N–H and O–H groups in total. The van der Waals surface area contributed by atoms with E-state index in [9.17, 15) is 4.79 Å². The standard InChI is InChI=1S/C9H7BrN4OS/c1-5-8(16-14-13-5)9(15)12-7-2-3-11-4-6(7)10/h2-4H,1H3,(H,11,12,15). The van der Waals surface area contributed by atoms with Crippen molar-refractivity contribution in [1.82, 2.24) is 14.6 Å². The summed E-state index contributed by atoms with van der Waals surface area (Å²) in [5.74, 6) is -0.209. The second-order valence-corrected chi connectivity index (χ2v) is 4.61. The molecule has 7 heteroatoms. The molecule has 0 atom stereocenters. The number of amides is 1. The molecule has 2 rings (SSSR count). The minimum atomic E-state index is -0.209. The molecule has 1 amide bonds. The van der Waals surface area contributed by atoms with E-state index < -0.39 is 0 Å². The van der Waals surface area contributed by atoms with Gasteiger partial charge in [-0.3, -0.25) is 9.78 Å². The van der Waals surface area contributed by atoms with Crippen molar-refractivity contribution < 1.29 is 4.79 Å². The van der Waals surface area contributed by atoms with Gasteiger partial charge < -0.3 is 5.32 Å². The van der Waals surface area contributed by atoms with Gasteiger partial charge in [0, 0.05) is 12.4 Å². The van der Waals surface area contributed by atoms with Crippen LogP contribution in [0, 0.1) is 6.92 Å². The summed E-state index contributed by atoms with van der Waals surface area (Å²) in [5.41, 5.74) is 1.31. The van der Waals surface area contributed by atoms with Gasteiger partial charge in [-0.1, -0.05) is 4.49 Å². The molecule has 0 radical (unpaired) electrons. The lowest BCUT2D eigenvalue weighted by Gasteiger charge is -2.04. The lowest BCUT2D eigenvalue weighted by atomic mass is 10.3. The Morgan fingerprint density at radius 3 is 3.00 bits per heavy atom. The van der Waals surface area contributed by atoms with E-state index in [-0.39, 0.29) is 5.91 Å². The van der Waals surface area contributed by atoms with Gasteiger partial charge in [-0.2, -0.15) is 0 Å². The lowest BCUT2D eigenvalue weighted by Crippen LogP contribution is -2.12. The molecule has 0 bridgehead atoms. The molecule has 2 aromatic heterocycles. The van der Waals surface area contributed by atoms with Gasteiger partial charge in [0.15, 0.2) is 0 Å². The SMILES string of the molecule is Cc1nnsc1C(=O)Nc1ccncc1Br. The molecule has 0 aliphatic carbocycles. The van der Waals surface area contributed by atoms with Gasteiger partial charge in [0.1, 0.15) is 4.88 Å². The zero-order valence-electron chi connectivity index (χ0n) is 8.27. The number of pyridine rings is 1. The van der Waals surface area contributed by atoms with Gasteiger partial charge in [-0.15, -0.1) is 5.10 Å². The Morgan fingerprint density at radius 1 is 1.56 bits per heavy atom. The number of carbonyl (C=O) groups excluding carboxylic acids is 1. The Bertz CT molecular complexity index is 528. The Balaban J connectivity index is 2.21. The second-order valence-electron chi connectivity index (χ2n) is 3.00. The van der Waals surface area contributed by atoms with Crippen molar-refractivity contribution in [2.75, 3.05) is 5.32 Å². The first-order chi connectivity index (χ1) is 7.68. The number of nitrogens with zero attached hydrogens (tertiary/aromatic N) is 3. The van der Waals surface area contributed by atoms with E-state index in [1.165, 1.54) is 0 Å². The van der Waals surface area contributed by atoms with Gasteiger partial charge in [0.25, 0.3) is 5.91 Å². The van der Waals surface area contributed by atoms with E-state index in [1.807, 2.05) is 0 Å². The number of halogens is 1. The number of carbonyl (C=O) groups is 1. The summed E-state index contributed by atoms with van der Waals surface area (Å²) >= 11 is 4.38. The van der Waals surface area contributed by atoms with Crippen LogP contribution >= 0.6 is 27.5 Å². The molecule has 0 aromatic carbocycles. The molecule has 0 spiro atoms. The number of hydrogen-bond donors (Lipinski definition) is 1. The fraction of sp³-hybridized carbons (Fsp3) is 0.111. The topological polar surface area (TPSA) is 67.8 Å². The Hall–Kier alpha value is -1.34. The zero-order chi connectivity index (χ0) is 11.5. The summed E-state index contributed by atoms with van der Waals surface area (Å²) in [4.78, 5) is 16.3. The average Bonchev–Trinajstić information content (AvgIpc) is 2.68. The quantitative estimate of drug-likeness (QED) is 0.923. The van der Waals surface area contributed by atoms with Gasteiger partial charge >= 0.3 is 0 Å². The maximum Gasteiger partial charge on any atom is 0.269 e. The maximum absolute atomic E-state index is 11.8. The first-order valence-corrected chi connectivity index (χ1v) is 5.95. The number of anilines is 1. The van der Waals surface area contributed by atoms with Crippen LogP contribution in [0.15, 0.2) is 22.9 Å². The van der Waals surface area contributed by atoms with Gasteiger partial charge in [-0.05, 0) is 40.5 Å². The summed E-state index contributed by atoms with van der Waals surface area (Å²) < 4.78 is 4.45. The highest BCUT2D eigenvalue weighted by atomic mass is 79.9. The lowest BCUT2D eigenvalue weighted by molar-refractivity contribution is 0.102. The molecule has 0 unspecified atom stereocenters. The zero-order valence-corrected chi connectivity index (χ0v) is 10.7. The molecule has 82 valence electrons. The first kappa shape index (κ1) is 11.2. The Labute approximate surface area is 104 Å². The van der Waals surface area contributed by atoms with Crippen LogP contribution in [0.5, 0.6) is 0 Å². The van der Waals surface area contributed by atoms with E-state index in [0.29, 0.717) is 16.3 Å². The smallest absolute Gasteiger partial charge is 0.269 e. The molecule has 0 aliphatic rings. The van der Waals surface area contributed by atoms with Gasteiger partial charge in [-0.25, -0.2) is 0 Å². The van der Waals surface area contributed by atoms with Gasteiger partial charge in [0.05, 0.1) is 15.9 Å². The first-order valence-electron chi connectivity index (χ1n) is 4.38. The van der Waals surface area contributed by atoms with Crippen LogP contribution in [0.25, 0.3) is 0 Å². The molecule has 2 heterocycles. The number of rotatable bonds is 2. The summed E-state index contributed by atoms with van der Waals surface area (Å²) in [5, 5.41) is 6.54. The van der Waals surface area contributed by atoms with Gasteiger partial charge in [0.2, 0.25) is 0 Å². The van der Waals surface area contributed by atoms with Crippen LogP contribution in [0.1, 0.15) is 15.4 Å². The third-order valence-corrected chi connectivity index (χ3v) is 3.34. The minimum absolute atomic E-state index is 0.209. The third-order valence-electron chi connectivity index (χ3n) is 1.88. The van der Waals surface area contributed by atoms with Crippen molar-refractivity contribution in [1.29, 1.82) is 0 Å². The summed E-state index contributed by atoms with van der Waals surface area (Å²) in [6.45, 7) is 1.75.